The first-order chi connectivity index (χ1) is 11.4. The number of hydrogen-bond donors (Lipinski definition) is 3. The number of aromatic hydroxyl groups is 1. The van der Waals surface area contributed by atoms with Gasteiger partial charge in [0.1, 0.15) is 5.75 Å². The number of hydrogen-bond acceptors (Lipinski definition) is 4. The number of phenols is 1. The minimum absolute atomic E-state index is 0.0172. The maximum absolute atomic E-state index is 11.7. The summed E-state index contributed by atoms with van der Waals surface area (Å²) in [5.74, 6) is -1.92. The molecule has 2 rings (SSSR count). The van der Waals surface area contributed by atoms with Gasteiger partial charge < -0.3 is 10.4 Å². The van der Waals surface area contributed by atoms with Crippen LogP contribution in [-0.2, 0) is 9.59 Å². The minimum atomic E-state index is -0.980. The Morgan fingerprint density at radius 2 is 1.83 bits per heavy atom. The van der Waals surface area contributed by atoms with Crippen LogP contribution < -0.4 is 10.7 Å². The van der Waals surface area contributed by atoms with Crippen molar-refractivity contribution in [3.63, 3.8) is 0 Å². The number of nitrogens with one attached hydrogen (secondary N) is 2. The number of carbonyl (C=O) groups is 2. The van der Waals surface area contributed by atoms with Gasteiger partial charge in [0.25, 0.3) is 0 Å². The lowest BCUT2D eigenvalue weighted by Crippen LogP contribution is -2.32. The highest BCUT2D eigenvalue weighted by Gasteiger charge is 2.13. The van der Waals surface area contributed by atoms with Gasteiger partial charge in [-0.2, -0.15) is 5.10 Å². The smallest absolute Gasteiger partial charge is 0.329 e. The molecule has 0 saturated carbocycles. The molecule has 124 valence electrons. The molecule has 2 aromatic carbocycles. The van der Waals surface area contributed by atoms with Crippen LogP contribution >= 0.6 is 39.1 Å². The van der Waals surface area contributed by atoms with Crippen molar-refractivity contribution in [1.82, 2.24) is 5.43 Å². The molecule has 2 aromatic rings. The quantitative estimate of drug-likeness (QED) is 0.395. The Labute approximate surface area is 155 Å². The molecule has 0 spiro atoms. The van der Waals surface area contributed by atoms with E-state index in [0.717, 1.165) is 4.47 Å². The number of hydrazone groups is 1. The molecule has 0 aromatic heterocycles. The normalized spacial score (nSPS) is 10.6. The van der Waals surface area contributed by atoms with E-state index in [1.54, 1.807) is 12.1 Å². The lowest BCUT2D eigenvalue weighted by atomic mass is 10.2. The zero-order chi connectivity index (χ0) is 17.7. The molecule has 9 heteroatoms. The summed E-state index contributed by atoms with van der Waals surface area (Å²) in [4.78, 5) is 23.4. The van der Waals surface area contributed by atoms with Gasteiger partial charge in [0.2, 0.25) is 0 Å². The van der Waals surface area contributed by atoms with E-state index in [0.29, 0.717) is 16.3 Å². The van der Waals surface area contributed by atoms with Gasteiger partial charge in [-0.15, -0.1) is 0 Å². The van der Waals surface area contributed by atoms with E-state index in [2.05, 4.69) is 31.8 Å². The summed E-state index contributed by atoms with van der Waals surface area (Å²) >= 11 is 14.8. The van der Waals surface area contributed by atoms with Crippen LogP contribution in [0.1, 0.15) is 5.56 Å². The number of carbonyl (C=O) groups excluding carboxylic acids is 2. The van der Waals surface area contributed by atoms with Gasteiger partial charge in [-0.1, -0.05) is 39.1 Å². The molecular weight excluding hydrogens is 421 g/mol. The third-order valence-electron chi connectivity index (χ3n) is 2.74. The first-order valence-corrected chi connectivity index (χ1v) is 7.99. The molecule has 6 nitrogen and oxygen atoms in total. The number of benzene rings is 2. The number of nitrogens with zero attached hydrogens (tertiary/aromatic N) is 1. The summed E-state index contributed by atoms with van der Waals surface area (Å²) in [6, 6.07) is 9.12. The maximum Gasteiger partial charge on any atom is 0.329 e. The molecule has 0 bridgehead atoms. The molecule has 0 fully saturated rings. The monoisotopic (exact) mass is 429 g/mol. The van der Waals surface area contributed by atoms with Gasteiger partial charge in [0, 0.05) is 15.7 Å². The first-order valence-electron chi connectivity index (χ1n) is 6.45. The van der Waals surface area contributed by atoms with E-state index < -0.39 is 11.8 Å². The third-order valence-corrected chi connectivity index (χ3v) is 3.98. The Hall–Kier alpha value is -2.09. The molecule has 2 amide bonds. The van der Waals surface area contributed by atoms with Crippen molar-refractivity contribution in [1.29, 1.82) is 0 Å². The Morgan fingerprint density at radius 3 is 2.54 bits per heavy atom. The summed E-state index contributed by atoms with van der Waals surface area (Å²) in [6.45, 7) is 0. The first kappa shape index (κ1) is 18.3. The zero-order valence-electron chi connectivity index (χ0n) is 11.9. The van der Waals surface area contributed by atoms with E-state index in [9.17, 15) is 14.7 Å². The molecule has 0 aliphatic rings. The topological polar surface area (TPSA) is 90.8 Å². The summed E-state index contributed by atoms with van der Waals surface area (Å²) in [5.41, 5.74) is 2.74. The Morgan fingerprint density at radius 1 is 1.08 bits per heavy atom. The van der Waals surface area contributed by atoms with Crippen molar-refractivity contribution in [3.05, 3.63) is 56.5 Å². The second-order valence-electron chi connectivity index (χ2n) is 4.49. The van der Waals surface area contributed by atoms with E-state index in [1.807, 2.05) is 0 Å². The predicted octanol–water partition coefficient (Wildman–Crippen LogP) is 3.55. The number of rotatable bonds is 3. The van der Waals surface area contributed by atoms with Gasteiger partial charge in [0.05, 0.1) is 16.3 Å². The van der Waals surface area contributed by atoms with E-state index in [4.69, 9.17) is 23.2 Å². The van der Waals surface area contributed by atoms with Crippen LogP contribution in [-0.4, -0.2) is 23.1 Å². The van der Waals surface area contributed by atoms with Gasteiger partial charge >= 0.3 is 11.8 Å². The van der Waals surface area contributed by atoms with Crippen molar-refractivity contribution >= 4 is 62.8 Å². The molecule has 0 radical (unpaired) electrons. The largest absolute Gasteiger partial charge is 0.507 e. The Bertz CT molecular complexity index is 828. The van der Waals surface area contributed by atoms with Gasteiger partial charge in [-0.05, 0) is 36.4 Å². The highest BCUT2D eigenvalue weighted by molar-refractivity contribution is 9.10. The van der Waals surface area contributed by atoms with Crippen molar-refractivity contribution < 1.29 is 14.7 Å². The van der Waals surface area contributed by atoms with Crippen LogP contribution in [0.2, 0.25) is 10.0 Å². The number of phenolic OH excluding ortho intramolecular Hbond substituents is 1. The fraction of sp³-hybridized carbons (Fsp3) is 0. The molecule has 0 saturated heterocycles. The summed E-state index contributed by atoms with van der Waals surface area (Å²) in [6.07, 6.45) is 1.21. The summed E-state index contributed by atoms with van der Waals surface area (Å²) < 4.78 is 0.727. The highest BCUT2D eigenvalue weighted by atomic mass is 79.9. The van der Waals surface area contributed by atoms with Gasteiger partial charge in [0.15, 0.2) is 0 Å². The van der Waals surface area contributed by atoms with Crippen molar-refractivity contribution in [2.45, 2.75) is 0 Å². The number of halogens is 3. The number of anilines is 1. The van der Waals surface area contributed by atoms with E-state index in [1.165, 1.54) is 30.5 Å². The average Bonchev–Trinajstić information content (AvgIpc) is 2.54. The second kappa shape index (κ2) is 8.14. The summed E-state index contributed by atoms with van der Waals surface area (Å²) in [7, 11) is 0. The van der Waals surface area contributed by atoms with Crippen LogP contribution in [0, 0.1) is 0 Å². The van der Waals surface area contributed by atoms with Crippen LogP contribution in [0.25, 0.3) is 0 Å². The standard InChI is InChI=1S/C15H10BrCl2N3O3/c16-9-1-4-13(22)8(5-9)7-19-21-15(24)14(23)20-10-2-3-11(17)12(18)6-10/h1-7,22H,(H,20,23)(H,21,24). The third kappa shape index (κ3) is 4.95. The van der Waals surface area contributed by atoms with Gasteiger partial charge in [-0.25, -0.2) is 5.43 Å². The fourth-order valence-electron chi connectivity index (χ4n) is 1.60. The highest BCUT2D eigenvalue weighted by Crippen LogP contribution is 2.25. The summed E-state index contributed by atoms with van der Waals surface area (Å²) in [5, 5.41) is 16.2. The molecule has 3 N–H and O–H groups in total. The van der Waals surface area contributed by atoms with E-state index in [-0.39, 0.29) is 10.8 Å². The molecule has 0 aliphatic heterocycles. The van der Waals surface area contributed by atoms with Crippen LogP contribution in [0.4, 0.5) is 5.69 Å². The molecule has 24 heavy (non-hydrogen) atoms. The zero-order valence-corrected chi connectivity index (χ0v) is 15.0. The lowest BCUT2D eigenvalue weighted by Gasteiger charge is -2.05. The molecular formula is C15H10BrCl2N3O3. The molecule has 0 unspecified atom stereocenters. The minimum Gasteiger partial charge on any atom is -0.507 e. The predicted molar refractivity (Wildman–Crippen MR) is 96.6 cm³/mol. The van der Waals surface area contributed by atoms with Crippen LogP contribution in [0.15, 0.2) is 46.0 Å². The number of amides is 2. The van der Waals surface area contributed by atoms with Gasteiger partial charge in [-0.3, -0.25) is 9.59 Å². The Kier molecular flexibility index (Phi) is 6.19. The molecule has 0 aliphatic carbocycles. The van der Waals surface area contributed by atoms with Crippen molar-refractivity contribution in [3.8, 4) is 5.75 Å². The SMILES string of the molecule is O=C(NN=Cc1cc(Br)ccc1O)C(=O)Nc1ccc(Cl)c(Cl)c1. The van der Waals surface area contributed by atoms with Crippen molar-refractivity contribution in [2.24, 2.45) is 5.10 Å². The second-order valence-corrected chi connectivity index (χ2v) is 6.22. The average molecular weight is 431 g/mol. The molecule has 0 heterocycles. The lowest BCUT2D eigenvalue weighted by molar-refractivity contribution is -0.136. The maximum atomic E-state index is 11.7. The van der Waals surface area contributed by atoms with E-state index >= 15 is 0 Å². The van der Waals surface area contributed by atoms with Crippen molar-refractivity contribution in [2.75, 3.05) is 5.32 Å². The Balaban J connectivity index is 1.96. The van der Waals surface area contributed by atoms with Crippen LogP contribution in [0.3, 0.4) is 0 Å². The fourth-order valence-corrected chi connectivity index (χ4v) is 2.28. The molecule has 0 atom stereocenters. The van der Waals surface area contributed by atoms with Crippen LogP contribution in [0.5, 0.6) is 5.75 Å².